The number of quaternary nitrogens is 1. The zero-order valence-corrected chi connectivity index (χ0v) is 37.1. The van der Waals surface area contributed by atoms with Gasteiger partial charge in [0.25, 0.3) is 0 Å². The van der Waals surface area contributed by atoms with Gasteiger partial charge < -0.3 is 23.8 Å². The molecule has 8 heteroatoms. The van der Waals surface area contributed by atoms with Crippen molar-refractivity contribution in [1.29, 1.82) is 0 Å². The van der Waals surface area contributed by atoms with E-state index in [-0.39, 0.29) is 42.7 Å². The van der Waals surface area contributed by atoms with Crippen LogP contribution in [0.15, 0.2) is 36.5 Å². The van der Waals surface area contributed by atoms with Crippen LogP contribution in [0.1, 0.15) is 200 Å². The molecule has 0 aromatic heterocycles. The van der Waals surface area contributed by atoms with E-state index in [4.69, 9.17) is 14.2 Å². The van der Waals surface area contributed by atoms with Gasteiger partial charge >= 0.3 is 17.9 Å². The average Bonchev–Trinajstić information content (AvgIpc) is 3.15. The van der Waals surface area contributed by atoms with Crippen LogP contribution in [0.25, 0.3) is 0 Å². The van der Waals surface area contributed by atoms with Gasteiger partial charge in [-0.15, -0.1) is 0 Å². The third-order valence-electron chi connectivity index (χ3n) is 10.3. The van der Waals surface area contributed by atoms with Gasteiger partial charge in [0.1, 0.15) is 6.61 Å². The SMILES string of the molecule is CCCCCCCC/C=C/C/C=C/C/C=C/CCCC(=O)OC(COCCC(C(=O)O)[N+](C)(C)C)COC(=O)CCCCCCCCCCCCCCCCC. The summed E-state index contributed by atoms with van der Waals surface area (Å²) in [4.78, 5) is 37.0. The second-order valence-corrected chi connectivity index (χ2v) is 16.7. The van der Waals surface area contributed by atoms with E-state index < -0.39 is 18.1 Å². The van der Waals surface area contributed by atoms with Crippen molar-refractivity contribution < 1.29 is 38.2 Å². The van der Waals surface area contributed by atoms with Crippen LogP contribution in [0.3, 0.4) is 0 Å². The van der Waals surface area contributed by atoms with Gasteiger partial charge in [0, 0.05) is 19.3 Å². The van der Waals surface area contributed by atoms with Crippen LogP contribution in [-0.4, -0.2) is 80.6 Å². The quantitative estimate of drug-likeness (QED) is 0.0285. The normalized spacial score (nSPS) is 13.2. The van der Waals surface area contributed by atoms with Gasteiger partial charge in [0.05, 0.1) is 34.4 Å². The van der Waals surface area contributed by atoms with E-state index in [1.54, 1.807) is 0 Å². The third-order valence-corrected chi connectivity index (χ3v) is 10.3. The number of rotatable bonds is 41. The smallest absolute Gasteiger partial charge is 0.362 e. The fraction of sp³-hybridized carbons (Fsp3) is 0.812. The van der Waals surface area contributed by atoms with Crippen LogP contribution >= 0.6 is 0 Å². The molecule has 2 atom stereocenters. The fourth-order valence-corrected chi connectivity index (χ4v) is 6.70. The number of allylic oxidation sites excluding steroid dienone is 6. The van der Waals surface area contributed by atoms with E-state index in [0.29, 0.717) is 19.3 Å². The van der Waals surface area contributed by atoms with Gasteiger partial charge in [-0.3, -0.25) is 9.59 Å². The molecule has 1 N–H and O–H groups in total. The van der Waals surface area contributed by atoms with Crippen LogP contribution in [-0.2, 0) is 28.6 Å². The van der Waals surface area contributed by atoms with Crippen molar-refractivity contribution in [2.75, 3.05) is 41.0 Å². The zero-order valence-electron chi connectivity index (χ0n) is 37.1. The van der Waals surface area contributed by atoms with Crippen molar-refractivity contribution in [3.8, 4) is 0 Å². The second kappa shape index (κ2) is 39.4. The largest absolute Gasteiger partial charge is 0.477 e. The average molecular weight is 791 g/mol. The number of hydrogen-bond acceptors (Lipinski definition) is 6. The first-order chi connectivity index (χ1) is 27.1. The maximum atomic E-state index is 12.7. The molecule has 0 aliphatic heterocycles. The zero-order chi connectivity index (χ0) is 41.4. The second-order valence-electron chi connectivity index (χ2n) is 16.7. The summed E-state index contributed by atoms with van der Waals surface area (Å²) in [6.45, 7) is 4.69. The number of carboxylic acid groups (broad SMARTS) is 1. The molecule has 0 saturated carbocycles. The number of unbranched alkanes of at least 4 members (excludes halogenated alkanes) is 21. The highest BCUT2D eigenvalue weighted by atomic mass is 16.6. The summed E-state index contributed by atoms with van der Waals surface area (Å²) in [7, 11) is 5.51. The lowest BCUT2D eigenvalue weighted by Crippen LogP contribution is -2.50. The summed E-state index contributed by atoms with van der Waals surface area (Å²) in [5, 5.41) is 9.62. The number of hydrogen-bond donors (Lipinski definition) is 1. The Bertz CT molecular complexity index is 1020. The van der Waals surface area contributed by atoms with Gasteiger partial charge in [-0.1, -0.05) is 172 Å². The number of esters is 2. The maximum absolute atomic E-state index is 12.7. The molecular weight excluding hydrogens is 703 g/mol. The molecule has 8 nitrogen and oxygen atoms in total. The molecule has 0 aromatic rings. The summed E-state index contributed by atoms with van der Waals surface area (Å²) >= 11 is 0. The molecule has 0 spiro atoms. The molecule has 0 heterocycles. The lowest BCUT2D eigenvalue weighted by molar-refractivity contribution is -0.887. The van der Waals surface area contributed by atoms with Gasteiger partial charge in [0.15, 0.2) is 12.1 Å². The van der Waals surface area contributed by atoms with Crippen LogP contribution in [0.4, 0.5) is 0 Å². The topological polar surface area (TPSA) is 99.1 Å². The molecule has 0 fully saturated rings. The predicted octanol–water partition coefficient (Wildman–Crippen LogP) is 12.6. The Kier molecular flexibility index (Phi) is 37.7. The van der Waals surface area contributed by atoms with E-state index in [2.05, 4.69) is 50.3 Å². The Hall–Kier alpha value is -2.45. The van der Waals surface area contributed by atoms with Crippen molar-refractivity contribution in [2.24, 2.45) is 0 Å². The van der Waals surface area contributed by atoms with Crippen molar-refractivity contribution in [2.45, 2.75) is 212 Å². The minimum atomic E-state index is -0.881. The molecule has 0 aliphatic rings. The van der Waals surface area contributed by atoms with Gasteiger partial charge in [0.2, 0.25) is 0 Å². The number of carbonyl (C=O) groups excluding carboxylic acids is 2. The third kappa shape index (κ3) is 37.1. The minimum absolute atomic E-state index is 0.0436. The summed E-state index contributed by atoms with van der Waals surface area (Å²) in [5.41, 5.74) is 0. The minimum Gasteiger partial charge on any atom is -0.477 e. The van der Waals surface area contributed by atoms with Crippen molar-refractivity contribution in [1.82, 2.24) is 0 Å². The molecule has 326 valence electrons. The molecule has 56 heavy (non-hydrogen) atoms. The lowest BCUT2D eigenvalue weighted by atomic mass is 10.0. The molecule has 0 amide bonds. The Balaban J connectivity index is 4.40. The van der Waals surface area contributed by atoms with Crippen LogP contribution in [0.2, 0.25) is 0 Å². The number of carbonyl (C=O) groups is 3. The highest BCUT2D eigenvalue weighted by Crippen LogP contribution is 2.15. The molecule has 0 radical (unpaired) electrons. The molecule has 2 unspecified atom stereocenters. The molecule has 0 aromatic carbocycles. The highest BCUT2D eigenvalue weighted by molar-refractivity contribution is 5.72. The van der Waals surface area contributed by atoms with Gasteiger partial charge in [-0.2, -0.15) is 0 Å². The Morgan fingerprint density at radius 2 is 0.964 bits per heavy atom. The molecule has 0 rings (SSSR count). The van der Waals surface area contributed by atoms with Gasteiger partial charge in [-0.25, -0.2) is 4.79 Å². The lowest BCUT2D eigenvalue weighted by Gasteiger charge is -2.31. The monoisotopic (exact) mass is 791 g/mol. The predicted molar refractivity (Wildman–Crippen MR) is 234 cm³/mol. The van der Waals surface area contributed by atoms with Crippen molar-refractivity contribution in [3.63, 3.8) is 0 Å². The molecule has 0 saturated heterocycles. The number of ether oxygens (including phenoxy) is 3. The fourth-order valence-electron chi connectivity index (χ4n) is 6.70. The maximum Gasteiger partial charge on any atom is 0.362 e. The number of aliphatic carboxylic acids is 1. The van der Waals surface area contributed by atoms with Gasteiger partial charge in [-0.05, 0) is 44.9 Å². The molecule has 0 bridgehead atoms. The summed E-state index contributed by atoms with van der Waals surface area (Å²) in [6, 6.07) is -0.621. The number of likely N-dealkylation sites (N-methyl/N-ethyl adjacent to an activating group) is 1. The number of nitrogens with zero attached hydrogens (tertiary/aromatic N) is 1. The summed E-state index contributed by atoms with van der Waals surface area (Å²) < 4.78 is 17.2. The Labute approximate surface area is 344 Å². The molecular formula is C48H88NO7+. The van der Waals surface area contributed by atoms with E-state index in [1.165, 1.54) is 122 Å². The summed E-state index contributed by atoms with van der Waals surface area (Å²) in [5.74, 6) is -1.53. The van der Waals surface area contributed by atoms with E-state index in [9.17, 15) is 19.5 Å². The Morgan fingerprint density at radius 1 is 0.536 bits per heavy atom. The first-order valence-corrected chi connectivity index (χ1v) is 23.0. The van der Waals surface area contributed by atoms with Crippen molar-refractivity contribution in [3.05, 3.63) is 36.5 Å². The Morgan fingerprint density at radius 3 is 1.45 bits per heavy atom. The first-order valence-electron chi connectivity index (χ1n) is 23.0. The van der Waals surface area contributed by atoms with Crippen molar-refractivity contribution >= 4 is 17.9 Å². The van der Waals surface area contributed by atoms with E-state index >= 15 is 0 Å². The molecule has 0 aliphatic carbocycles. The van der Waals surface area contributed by atoms with Crippen LogP contribution in [0.5, 0.6) is 0 Å². The summed E-state index contributed by atoms with van der Waals surface area (Å²) in [6.07, 6.45) is 44.8. The first kappa shape index (κ1) is 53.6. The highest BCUT2D eigenvalue weighted by Gasteiger charge is 2.31. The standard InChI is InChI=1S/C48H87NO7/c1-6-8-10-12-14-16-18-20-22-23-25-27-29-31-33-35-37-39-47(51)56-44(42-54-41-40-45(48(52)53)49(3,4)5)43-55-46(50)38-36-34-32-30-28-26-24-21-19-17-15-13-11-9-7-2/h20,22,25,27,31,33,44-45H,6-19,21,23-24,26,28-30,32,34-43H2,1-5H3/p+1/b22-20+,27-25+,33-31+. The number of carboxylic acids is 1. The van der Waals surface area contributed by atoms with E-state index in [0.717, 1.165) is 38.5 Å². The van der Waals surface area contributed by atoms with Crippen LogP contribution in [0, 0.1) is 0 Å². The van der Waals surface area contributed by atoms with Crippen LogP contribution < -0.4 is 0 Å². The van der Waals surface area contributed by atoms with E-state index in [1.807, 2.05) is 21.1 Å².